The van der Waals surface area contributed by atoms with Crippen LogP contribution in [0.25, 0.3) is 0 Å². The van der Waals surface area contributed by atoms with Crippen LogP contribution in [0, 0.1) is 0 Å². The van der Waals surface area contributed by atoms with Crippen LogP contribution >= 0.6 is 0 Å². The van der Waals surface area contributed by atoms with Gasteiger partial charge in [-0.1, -0.05) is 37.6 Å². The summed E-state index contributed by atoms with van der Waals surface area (Å²) in [7, 11) is -3.49. The standard InChI is InChI=1S/C23H30N2O4S/c1-2-3-4-19-5-10-21(11-6-19)24-23(26)14-9-20-7-12-22(13-8-20)30(27,28)25-15-17-29-18-16-25/h5-8,10-13H,2-4,9,14-18H2,1H3,(H,24,26). The minimum Gasteiger partial charge on any atom is -0.379 e. The van der Waals surface area contributed by atoms with Crippen molar-refractivity contribution in [1.29, 1.82) is 0 Å². The average Bonchev–Trinajstić information content (AvgIpc) is 2.78. The maximum absolute atomic E-state index is 12.7. The van der Waals surface area contributed by atoms with E-state index < -0.39 is 10.0 Å². The lowest BCUT2D eigenvalue weighted by Crippen LogP contribution is -2.40. The molecule has 0 spiro atoms. The molecule has 1 fully saturated rings. The smallest absolute Gasteiger partial charge is 0.243 e. The predicted octanol–water partition coefficient (Wildman–Crippen LogP) is 3.62. The number of carbonyl (C=O) groups is 1. The topological polar surface area (TPSA) is 75.7 Å². The summed E-state index contributed by atoms with van der Waals surface area (Å²) in [5.41, 5.74) is 3.01. The van der Waals surface area contributed by atoms with Gasteiger partial charge in [-0.3, -0.25) is 4.79 Å². The number of hydrogen-bond donors (Lipinski definition) is 1. The maximum atomic E-state index is 12.7. The van der Waals surface area contributed by atoms with Gasteiger partial charge in [0, 0.05) is 25.2 Å². The summed E-state index contributed by atoms with van der Waals surface area (Å²) >= 11 is 0. The predicted molar refractivity (Wildman–Crippen MR) is 118 cm³/mol. The third-order valence-electron chi connectivity index (χ3n) is 5.23. The van der Waals surface area contributed by atoms with Crippen LogP contribution in [0.2, 0.25) is 0 Å². The van der Waals surface area contributed by atoms with E-state index in [1.807, 2.05) is 12.1 Å². The average molecular weight is 431 g/mol. The quantitative estimate of drug-likeness (QED) is 0.659. The lowest BCUT2D eigenvalue weighted by atomic mass is 10.1. The minimum atomic E-state index is -3.49. The molecule has 1 heterocycles. The number of amides is 1. The number of morpholine rings is 1. The number of hydrogen-bond acceptors (Lipinski definition) is 4. The van der Waals surface area contributed by atoms with Gasteiger partial charge in [0.05, 0.1) is 18.1 Å². The van der Waals surface area contributed by atoms with Crippen molar-refractivity contribution in [2.45, 2.75) is 43.9 Å². The molecule has 3 rings (SSSR count). The fraction of sp³-hybridized carbons (Fsp3) is 0.435. The van der Waals surface area contributed by atoms with E-state index in [0.29, 0.717) is 39.1 Å². The first-order chi connectivity index (χ1) is 14.5. The zero-order valence-corrected chi connectivity index (χ0v) is 18.3. The lowest BCUT2D eigenvalue weighted by Gasteiger charge is -2.26. The van der Waals surface area contributed by atoms with Crippen molar-refractivity contribution in [1.82, 2.24) is 4.31 Å². The Morgan fingerprint density at radius 1 is 0.967 bits per heavy atom. The van der Waals surface area contributed by atoms with Gasteiger partial charge in [-0.2, -0.15) is 4.31 Å². The van der Waals surface area contributed by atoms with E-state index in [9.17, 15) is 13.2 Å². The van der Waals surface area contributed by atoms with Crippen LogP contribution in [0.3, 0.4) is 0 Å². The molecule has 7 heteroatoms. The Morgan fingerprint density at radius 2 is 1.57 bits per heavy atom. The molecule has 0 saturated carbocycles. The van der Waals surface area contributed by atoms with Crippen LogP contribution in [-0.4, -0.2) is 44.9 Å². The minimum absolute atomic E-state index is 0.0543. The first kappa shape index (κ1) is 22.5. The Labute approximate surface area is 179 Å². The van der Waals surface area contributed by atoms with Crippen molar-refractivity contribution in [2.24, 2.45) is 0 Å². The summed E-state index contributed by atoms with van der Waals surface area (Å²) in [5.74, 6) is -0.0543. The van der Waals surface area contributed by atoms with E-state index in [0.717, 1.165) is 24.1 Å². The molecule has 30 heavy (non-hydrogen) atoms. The third-order valence-corrected chi connectivity index (χ3v) is 7.14. The molecule has 0 aliphatic carbocycles. The van der Waals surface area contributed by atoms with Gasteiger partial charge in [0.25, 0.3) is 0 Å². The summed E-state index contributed by atoms with van der Waals surface area (Å²) < 4.78 is 32.0. The summed E-state index contributed by atoms with van der Waals surface area (Å²) in [6.45, 7) is 3.78. The molecule has 1 N–H and O–H groups in total. The number of nitrogens with zero attached hydrogens (tertiary/aromatic N) is 1. The number of nitrogens with one attached hydrogen (secondary N) is 1. The van der Waals surface area contributed by atoms with E-state index in [-0.39, 0.29) is 10.8 Å². The van der Waals surface area contributed by atoms with Crippen molar-refractivity contribution in [3.8, 4) is 0 Å². The number of carbonyl (C=O) groups excluding carboxylic acids is 1. The second-order valence-electron chi connectivity index (χ2n) is 7.51. The number of anilines is 1. The maximum Gasteiger partial charge on any atom is 0.243 e. The van der Waals surface area contributed by atoms with Crippen LogP contribution in [0.1, 0.15) is 37.3 Å². The summed E-state index contributed by atoms with van der Waals surface area (Å²) in [6.07, 6.45) is 4.28. The molecule has 0 atom stereocenters. The van der Waals surface area contributed by atoms with Crippen LogP contribution in [0.5, 0.6) is 0 Å². The number of benzene rings is 2. The van der Waals surface area contributed by atoms with Crippen LogP contribution in [-0.2, 0) is 32.4 Å². The first-order valence-corrected chi connectivity index (χ1v) is 12.0. The van der Waals surface area contributed by atoms with E-state index in [1.165, 1.54) is 16.3 Å². The molecular weight excluding hydrogens is 400 g/mol. The number of rotatable bonds is 9. The SMILES string of the molecule is CCCCc1ccc(NC(=O)CCc2ccc(S(=O)(=O)N3CCOCC3)cc2)cc1. The highest BCUT2D eigenvalue weighted by Gasteiger charge is 2.26. The summed E-state index contributed by atoms with van der Waals surface area (Å²) in [6, 6.07) is 14.8. The van der Waals surface area contributed by atoms with E-state index in [1.54, 1.807) is 24.3 Å². The molecular formula is C23H30N2O4S. The Morgan fingerprint density at radius 3 is 2.20 bits per heavy atom. The monoisotopic (exact) mass is 430 g/mol. The van der Waals surface area contributed by atoms with Crippen LogP contribution < -0.4 is 5.32 Å². The Balaban J connectivity index is 1.50. The van der Waals surface area contributed by atoms with Gasteiger partial charge >= 0.3 is 0 Å². The zero-order chi connectivity index (χ0) is 21.4. The fourth-order valence-corrected chi connectivity index (χ4v) is 4.79. The molecule has 0 bridgehead atoms. The van der Waals surface area contributed by atoms with E-state index >= 15 is 0 Å². The molecule has 162 valence electrons. The molecule has 0 radical (unpaired) electrons. The van der Waals surface area contributed by atoms with E-state index in [4.69, 9.17) is 4.74 Å². The van der Waals surface area contributed by atoms with Gasteiger partial charge in [-0.25, -0.2) is 8.42 Å². The molecule has 0 unspecified atom stereocenters. The Kier molecular flexibility index (Phi) is 8.01. The van der Waals surface area contributed by atoms with E-state index in [2.05, 4.69) is 24.4 Å². The lowest BCUT2D eigenvalue weighted by molar-refractivity contribution is -0.116. The van der Waals surface area contributed by atoms with Crippen molar-refractivity contribution < 1.29 is 17.9 Å². The zero-order valence-electron chi connectivity index (χ0n) is 17.5. The molecule has 1 aliphatic rings. The number of sulfonamides is 1. The van der Waals surface area contributed by atoms with Crippen molar-refractivity contribution in [3.63, 3.8) is 0 Å². The highest BCUT2D eigenvalue weighted by atomic mass is 32.2. The number of ether oxygens (including phenoxy) is 1. The van der Waals surface area contributed by atoms with Crippen molar-refractivity contribution in [2.75, 3.05) is 31.6 Å². The molecule has 6 nitrogen and oxygen atoms in total. The second kappa shape index (κ2) is 10.7. The van der Waals surface area contributed by atoms with Crippen molar-refractivity contribution >= 4 is 21.6 Å². The summed E-state index contributed by atoms with van der Waals surface area (Å²) in [5, 5.41) is 2.92. The van der Waals surface area contributed by atoms with Crippen LogP contribution in [0.15, 0.2) is 53.4 Å². The normalized spacial score (nSPS) is 15.1. The fourth-order valence-electron chi connectivity index (χ4n) is 3.38. The second-order valence-corrected chi connectivity index (χ2v) is 9.45. The molecule has 0 aromatic heterocycles. The van der Waals surface area contributed by atoms with Gasteiger partial charge in [0.15, 0.2) is 0 Å². The molecule has 2 aromatic carbocycles. The molecule has 1 aliphatic heterocycles. The highest BCUT2D eigenvalue weighted by Crippen LogP contribution is 2.18. The molecule has 1 saturated heterocycles. The third kappa shape index (κ3) is 6.14. The Hall–Kier alpha value is -2.22. The number of unbranched alkanes of at least 4 members (excludes halogenated alkanes) is 1. The van der Waals surface area contributed by atoms with Gasteiger partial charge in [0.2, 0.25) is 15.9 Å². The Bertz CT molecular complexity index is 919. The van der Waals surface area contributed by atoms with Crippen LogP contribution in [0.4, 0.5) is 5.69 Å². The molecule has 1 amide bonds. The summed E-state index contributed by atoms with van der Waals surface area (Å²) in [4.78, 5) is 12.5. The first-order valence-electron chi connectivity index (χ1n) is 10.5. The highest BCUT2D eigenvalue weighted by molar-refractivity contribution is 7.89. The van der Waals surface area contributed by atoms with Gasteiger partial charge in [-0.05, 0) is 54.7 Å². The number of aryl methyl sites for hydroxylation is 2. The van der Waals surface area contributed by atoms with Gasteiger partial charge in [-0.15, -0.1) is 0 Å². The molecule has 2 aromatic rings. The largest absolute Gasteiger partial charge is 0.379 e. The van der Waals surface area contributed by atoms with Gasteiger partial charge in [0.1, 0.15) is 0 Å². The van der Waals surface area contributed by atoms with Crippen molar-refractivity contribution in [3.05, 3.63) is 59.7 Å². The van der Waals surface area contributed by atoms with Gasteiger partial charge < -0.3 is 10.1 Å².